The lowest BCUT2D eigenvalue weighted by Gasteiger charge is -2.35. The molecular formula is C16H27N3. The number of nitrogen functional groups attached to an aromatic ring is 1. The topological polar surface area (TPSA) is 32.5 Å². The van der Waals surface area contributed by atoms with Gasteiger partial charge in [0.2, 0.25) is 0 Å². The first-order valence-electron chi connectivity index (χ1n) is 7.38. The lowest BCUT2D eigenvalue weighted by Crippen LogP contribution is -2.45. The maximum absolute atomic E-state index is 5.81. The minimum absolute atomic E-state index is 0.736. The molecule has 2 rings (SSSR count). The Labute approximate surface area is 117 Å². The van der Waals surface area contributed by atoms with Gasteiger partial charge in [-0.05, 0) is 70.6 Å². The van der Waals surface area contributed by atoms with E-state index in [4.69, 9.17) is 5.73 Å². The maximum atomic E-state index is 5.81. The quantitative estimate of drug-likeness (QED) is 0.825. The third-order valence-corrected chi connectivity index (χ3v) is 4.15. The van der Waals surface area contributed by atoms with Crippen molar-refractivity contribution >= 4 is 5.69 Å². The Morgan fingerprint density at radius 2 is 2.26 bits per heavy atom. The zero-order valence-corrected chi connectivity index (χ0v) is 12.3. The number of aryl methyl sites for hydroxylation is 1. The molecule has 0 aliphatic carbocycles. The van der Waals surface area contributed by atoms with Crippen LogP contribution < -0.4 is 5.73 Å². The van der Waals surface area contributed by atoms with Gasteiger partial charge in [0.25, 0.3) is 0 Å². The van der Waals surface area contributed by atoms with E-state index < -0.39 is 0 Å². The van der Waals surface area contributed by atoms with Crippen molar-refractivity contribution < 1.29 is 0 Å². The molecule has 106 valence electrons. The van der Waals surface area contributed by atoms with Crippen LogP contribution in [0.15, 0.2) is 24.3 Å². The van der Waals surface area contributed by atoms with Crippen molar-refractivity contribution in [2.75, 3.05) is 39.5 Å². The highest BCUT2D eigenvalue weighted by atomic mass is 15.2. The Balaban J connectivity index is 1.73. The number of rotatable bonds is 5. The molecule has 0 aromatic heterocycles. The van der Waals surface area contributed by atoms with E-state index in [-0.39, 0.29) is 0 Å². The van der Waals surface area contributed by atoms with E-state index in [0.717, 1.165) is 18.2 Å². The molecule has 1 aromatic rings. The Morgan fingerprint density at radius 3 is 3.00 bits per heavy atom. The van der Waals surface area contributed by atoms with Gasteiger partial charge in [0, 0.05) is 18.3 Å². The number of nitrogens with zero attached hydrogens (tertiary/aromatic N) is 2. The second-order valence-corrected chi connectivity index (χ2v) is 5.89. The van der Waals surface area contributed by atoms with Gasteiger partial charge in [0.15, 0.2) is 0 Å². The lowest BCUT2D eigenvalue weighted by molar-refractivity contribution is 0.133. The maximum Gasteiger partial charge on any atom is 0.0316 e. The van der Waals surface area contributed by atoms with Crippen LogP contribution in [-0.4, -0.2) is 49.6 Å². The summed E-state index contributed by atoms with van der Waals surface area (Å²) in [5.74, 6) is 0. The van der Waals surface area contributed by atoms with Gasteiger partial charge in [-0.2, -0.15) is 0 Å². The Kier molecular flexibility index (Phi) is 5.23. The summed E-state index contributed by atoms with van der Waals surface area (Å²) in [5, 5.41) is 0. The highest BCUT2D eigenvalue weighted by Crippen LogP contribution is 2.14. The summed E-state index contributed by atoms with van der Waals surface area (Å²) in [7, 11) is 4.50. The minimum Gasteiger partial charge on any atom is -0.399 e. The highest BCUT2D eigenvalue weighted by Gasteiger charge is 2.20. The molecule has 1 saturated heterocycles. The molecule has 0 spiro atoms. The first kappa shape index (κ1) is 14.4. The Morgan fingerprint density at radius 1 is 1.42 bits per heavy atom. The summed E-state index contributed by atoms with van der Waals surface area (Å²) in [5.41, 5.74) is 8.04. The van der Waals surface area contributed by atoms with Gasteiger partial charge < -0.3 is 15.5 Å². The highest BCUT2D eigenvalue weighted by molar-refractivity contribution is 5.40. The van der Waals surface area contributed by atoms with Crippen molar-refractivity contribution in [2.45, 2.75) is 31.7 Å². The molecule has 1 unspecified atom stereocenters. The predicted octanol–water partition coefficient (Wildman–Crippen LogP) is 2.23. The summed E-state index contributed by atoms with van der Waals surface area (Å²) in [6.07, 6.45) is 5.01. The molecule has 2 N–H and O–H groups in total. The van der Waals surface area contributed by atoms with E-state index in [9.17, 15) is 0 Å². The number of anilines is 1. The van der Waals surface area contributed by atoms with Gasteiger partial charge in [-0.1, -0.05) is 12.1 Å². The zero-order valence-electron chi connectivity index (χ0n) is 12.3. The van der Waals surface area contributed by atoms with Crippen LogP contribution in [0.4, 0.5) is 5.69 Å². The van der Waals surface area contributed by atoms with Crippen LogP contribution >= 0.6 is 0 Å². The molecule has 1 aromatic carbocycles. The van der Waals surface area contributed by atoms with Gasteiger partial charge in [-0.15, -0.1) is 0 Å². The van der Waals surface area contributed by atoms with Gasteiger partial charge in [0.1, 0.15) is 0 Å². The Hall–Kier alpha value is -1.06. The van der Waals surface area contributed by atoms with Crippen LogP contribution in [0.25, 0.3) is 0 Å². The number of piperidine rings is 1. The van der Waals surface area contributed by atoms with Gasteiger partial charge in [-0.25, -0.2) is 0 Å². The number of benzene rings is 1. The standard InChI is InChI=1S/C16H27N3/c1-18-10-5-9-16(13-18)19(2)11-4-7-14-6-3-8-15(17)12-14/h3,6,8,12,16H,4-5,7,9-11,13,17H2,1-2H3. The van der Waals surface area contributed by atoms with E-state index >= 15 is 0 Å². The number of nitrogens with two attached hydrogens (primary N) is 1. The molecule has 1 fully saturated rings. The average Bonchev–Trinajstić information content (AvgIpc) is 2.38. The van der Waals surface area contributed by atoms with Crippen LogP contribution in [0.3, 0.4) is 0 Å². The minimum atomic E-state index is 0.736. The zero-order chi connectivity index (χ0) is 13.7. The lowest BCUT2D eigenvalue weighted by atomic mass is 10.0. The third kappa shape index (κ3) is 4.51. The van der Waals surface area contributed by atoms with Crippen LogP contribution in [0.1, 0.15) is 24.8 Å². The molecule has 0 radical (unpaired) electrons. The summed E-state index contributed by atoms with van der Waals surface area (Å²) in [4.78, 5) is 4.98. The molecule has 0 bridgehead atoms. The summed E-state index contributed by atoms with van der Waals surface area (Å²) >= 11 is 0. The fraction of sp³-hybridized carbons (Fsp3) is 0.625. The van der Waals surface area contributed by atoms with E-state index in [2.05, 4.69) is 36.0 Å². The second-order valence-electron chi connectivity index (χ2n) is 5.89. The molecule has 1 heterocycles. The molecule has 19 heavy (non-hydrogen) atoms. The molecular weight excluding hydrogens is 234 g/mol. The molecule has 0 amide bonds. The molecule has 1 aliphatic rings. The molecule has 0 saturated carbocycles. The third-order valence-electron chi connectivity index (χ3n) is 4.15. The normalized spacial score (nSPS) is 20.9. The SMILES string of the molecule is CN1CCCC(N(C)CCCc2cccc(N)c2)C1. The summed E-state index contributed by atoms with van der Waals surface area (Å²) < 4.78 is 0. The smallest absolute Gasteiger partial charge is 0.0316 e. The molecule has 3 nitrogen and oxygen atoms in total. The van der Waals surface area contributed by atoms with Crippen LogP contribution in [0, 0.1) is 0 Å². The second kappa shape index (κ2) is 6.92. The number of likely N-dealkylation sites (tertiary alicyclic amines) is 1. The van der Waals surface area contributed by atoms with Crippen molar-refractivity contribution in [3.63, 3.8) is 0 Å². The molecule has 1 atom stereocenters. The largest absolute Gasteiger partial charge is 0.399 e. The van der Waals surface area contributed by atoms with E-state index in [1.54, 1.807) is 0 Å². The van der Waals surface area contributed by atoms with Crippen LogP contribution in [0.2, 0.25) is 0 Å². The van der Waals surface area contributed by atoms with Crippen molar-refractivity contribution in [1.82, 2.24) is 9.80 Å². The van der Waals surface area contributed by atoms with Gasteiger partial charge >= 0.3 is 0 Å². The molecule has 3 heteroatoms. The first-order valence-corrected chi connectivity index (χ1v) is 7.38. The van der Waals surface area contributed by atoms with Crippen molar-refractivity contribution in [3.8, 4) is 0 Å². The van der Waals surface area contributed by atoms with E-state index in [1.165, 1.54) is 44.5 Å². The molecule has 1 aliphatic heterocycles. The fourth-order valence-electron chi connectivity index (χ4n) is 2.96. The average molecular weight is 261 g/mol. The first-order chi connectivity index (χ1) is 9.15. The van der Waals surface area contributed by atoms with Gasteiger partial charge in [0.05, 0.1) is 0 Å². The monoisotopic (exact) mass is 261 g/mol. The summed E-state index contributed by atoms with van der Waals surface area (Å²) in [6, 6.07) is 9.00. The predicted molar refractivity (Wildman–Crippen MR) is 82.3 cm³/mol. The Bertz CT molecular complexity index is 391. The fourth-order valence-corrected chi connectivity index (χ4v) is 2.96. The van der Waals surface area contributed by atoms with Crippen molar-refractivity contribution in [3.05, 3.63) is 29.8 Å². The number of hydrogen-bond acceptors (Lipinski definition) is 3. The van der Waals surface area contributed by atoms with E-state index in [1.807, 2.05) is 12.1 Å². The van der Waals surface area contributed by atoms with Crippen LogP contribution in [-0.2, 0) is 6.42 Å². The number of hydrogen-bond donors (Lipinski definition) is 1. The van der Waals surface area contributed by atoms with E-state index in [0.29, 0.717) is 0 Å². The van der Waals surface area contributed by atoms with Crippen LogP contribution in [0.5, 0.6) is 0 Å². The summed E-state index contributed by atoms with van der Waals surface area (Å²) in [6.45, 7) is 3.65. The number of likely N-dealkylation sites (N-methyl/N-ethyl adjacent to an activating group) is 2. The van der Waals surface area contributed by atoms with Crippen molar-refractivity contribution in [2.24, 2.45) is 0 Å². The van der Waals surface area contributed by atoms with Crippen molar-refractivity contribution in [1.29, 1.82) is 0 Å². The van der Waals surface area contributed by atoms with Gasteiger partial charge in [-0.3, -0.25) is 0 Å².